The second-order valence-corrected chi connectivity index (χ2v) is 8.18. The van der Waals surface area contributed by atoms with Crippen LogP contribution in [0.2, 0.25) is 0 Å². The maximum absolute atomic E-state index is 13.9. The van der Waals surface area contributed by atoms with E-state index in [0.717, 1.165) is 18.2 Å². The van der Waals surface area contributed by atoms with Gasteiger partial charge in [-0.05, 0) is 78.8 Å². The highest BCUT2D eigenvalue weighted by Crippen LogP contribution is 2.45. The van der Waals surface area contributed by atoms with Crippen molar-refractivity contribution in [2.75, 3.05) is 0 Å². The second-order valence-electron chi connectivity index (χ2n) is 8.18. The molecule has 0 unspecified atom stereocenters. The number of aromatic nitrogens is 1. The monoisotopic (exact) mass is 489 g/mol. The SMILES string of the molecule is Cc1ncc(C2=C(c3cc(OCc4cccc(F)c4F)ccc3C(F)(F)F)CCC2)cc1C(=O)O. The van der Waals surface area contributed by atoms with Crippen molar-refractivity contribution in [1.29, 1.82) is 0 Å². The van der Waals surface area contributed by atoms with E-state index in [0.29, 0.717) is 41.7 Å². The maximum atomic E-state index is 13.9. The van der Waals surface area contributed by atoms with Gasteiger partial charge in [0.15, 0.2) is 11.6 Å². The largest absolute Gasteiger partial charge is 0.489 e. The molecule has 0 saturated heterocycles. The van der Waals surface area contributed by atoms with Gasteiger partial charge in [0.25, 0.3) is 0 Å². The summed E-state index contributed by atoms with van der Waals surface area (Å²) in [5.41, 5.74) is 0.694. The average Bonchev–Trinajstić information content (AvgIpc) is 3.29. The van der Waals surface area contributed by atoms with Gasteiger partial charge in [-0.2, -0.15) is 13.2 Å². The minimum atomic E-state index is -4.65. The number of carboxylic acid groups (broad SMARTS) is 1. The quantitative estimate of drug-likeness (QED) is 0.377. The van der Waals surface area contributed by atoms with Gasteiger partial charge in [-0.25, -0.2) is 13.6 Å². The van der Waals surface area contributed by atoms with Gasteiger partial charge in [-0.3, -0.25) is 4.98 Å². The van der Waals surface area contributed by atoms with Crippen LogP contribution in [0.15, 0.2) is 48.7 Å². The van der Waals surface area contributed by atoms with Gasteiger partial charge in [0, 0.05) is 11.8 Å². The van der Waals surface area contributed by atoms with E-state index >= 15 is 0 Å². The Morgan fingerprint density at radius 1 is 1.09 bits per heavy atom. The molecule has 1 N–H and O–H groups in total. The zero-order valence-electron chi connectivity index (χ0n) is 18.5. The van der Waals surface area contributed by atoms with Crippen molar-refractivity contribution >= 4 is 17.1 Å². The van der Waals surface area contributed by atoms with E-state index in [-0.39, 0.29) is 29.0 Å². The first-order valence-corrected chi connectivity index (χ1v) is 10.8. The van der Waals surface area contributed by atoms with Crippen molar-refractivity contribution in [3.05, 3.63) is 93.8 Å². The number of allylic oxidation sites excluding steroid dienone is 2. The predicted molar refractivity (Wildman–Crippen MR) is 119 cm³/mol. The van der Waals surface area contributed by atoms with Crippen molar-refractivity contribution in [3.63, 3.8) is 0 Å². The van der Waals surface area contributed by atoms with E-state index < -0.39 is 29.3 Å². The van der Waals surface area contributed by atoms with E-state index in [1.54, 1.807) is 6.92 Å². The highest BCUT2D eigenvalue weighted by Gasteiger charge is 2.35. The van der Waals surface area contributed by atoms with Gasteiger partial charge < -0.3 is 9.84 Å². The minimum Gasteiger partial charge on any atom is -0.489 e. The summed E-state index contributed by atoms with van der Waals surface area (Å²) in [6, 6.07) is 8.28. The van der Waals surface area contributed by atoms with Gasteiger partial charge in [-0.15, -0.1) is 0 Å². The van der Waals surface area contributed by atoms with Crippen molar-refractivity contribution in [3.8, 4) is 5.75 Å². The first-order chi connectivity index (χ1) is 16.6. The molecule has 0 bridgehead atoms. The number of alkyl halides is 3. The summed E-state index contributed by atoms with van der Waals surface area (Å²) in [5, 5.41) is 9.42. The lowest BCUT2D eigenvalue weighted by Crippen LogP contribution is -2.10. The molecule has 182 valence electrons. The maximum Gasteiger partial charge on any atom is 0.417 e. The molecule has 3 aromatic rings. The molecule has 0 atom stereocenters. The first kappa shape index (κ1) is 24.4. The zero-order chi connectivity index (χ0) is 25.3. The van der Waals surface area contributed by atoms with Crippen LogP contribution in [0.5, 0.6) is 5.75 Å². The molecule has 0 saturated carbocycles. The van der Waals surface area contributed by atoms with Crippen LogP contribution in [-0.2, 0) is 12.8 Å². The van der Waals surface area contributed by atoms with Gasteiger partial charge in [0.1, 0.15) is 12.4 Å². The highest BCUT2D eigenvalue weighted by atomic mass is 19.4. The van der Waals surface area contributed by atoms with Gasteiger partial charge in [-0.1, -0.05) is 12.1 Å². The standard InChI is InChI=1S/C26H20F5NO3/c1-14-20(25(33)34)10-16(12-32-14)18-5-3-6-19(18)21-11-17(8-9-22(21)26(29,30)31)35-13-15-4-2-7-23(27)24(15)28/h2,4,7-12H,3,5-6,13H2,1H3,(H,33,34). The molecule has 4 nitrogen and oxygen atoms in total. The molecule has 1 aliphatic rings. The van der Waals surface area contributed by atoms with Crippen LogP contribution >= 0.6 is 0 Å². The molecule has 0 amide bonds. The van der Waals surface area contributed by atoms with Crippen LogP contribution in [0.3, 0.4) is 0 Å². The molecule has 0 aliphatic heterocycles. The lowest BCUT2D eigenvalue weighted by molar-refractivity contribution is -0.137. The summed E-state index contributed by atoms with van der Waals surface area (Å²) in [7, 11) is 0. The third kappa shape index (κ3) is 5.03. The Kier molecular flexibility index (Phi) is 6.60. The molecule has 0 spiro atoms. The molecule has 1 aromatic heterocycles. The first-order valence-electron chi connectivity index (χ1n) is 10.8. The van der Waals surface area contributed by atoms with Crippen LogP contribution in [0.1, 0.15) is 57.6 Å². The van der Waals surface area contributed by atoms with Crippen LogP contribution in [0.4, 0.5) is 22.0 Å². The summed E-state index contributed by atoms with van der Waals surface area (Å²) in [5.74, 6) is -3.24. The fourth-order valence-electron chi connectivity index (χ4n) is 4.21. The zero-order valence-corrected chi connectivity index (χ0v) is 18.5. The Hall–Kier alpha value is -3.75. The Labute approximate surface area is 197 Å². The lowest BCUT2D eigenvalue weighted by atomic mass is 9.93. The smallest absolute Gasteiger partial charge is 0.417 e. The topological polar surface area (TPSA) is 59.4 Å². The Morgan fingerprint density at radius 2 is 1.83 bits per heavy atom. The van der Waals surface area contributed by atoms with Crippen LogP contribution < -0.4 is 4.74 Å². The number of rotatable bonds is 6. The van der Waals surface area contributed by atoms with Crippen molar-refractivity contribution in [2.45, 2.75) is 39.0 Å². The fraction of sp³-hybridized carbons (Fsp3) is 0.231. The molecule has 2 aromatic carbocycles. The molecule has 0 fully saturated rings. The van der Waals surface area contributed by atoms with Crippen LogP contribution in [0.25, 0.3) is 11.1 Å². The number of halogens is 5. The molecule has 4 rings (SSSR count). The fourth-order valence-corrected chi connectivity index (χ4v) is 4.21. The van der Waals surface area contributed by atoms with Crippen molar-refractivity contribution in [1.82, 2.24) is 4.98 Å². The van der Waals surface area contributed by atoms with Crippen molar-refractivity contribution in [2.24, 2.45) is 0 Å². The number of aryl methyl sites for hydroxylation is 1. The number of hydrogen-bond acceptors (Lipinski definition) is 3. The van der Waals surface area contributed by atoms with E-state index in [9.17, 15) is 31.9 Å². The number of carbonyl (C=O) groups is 1. The molecular weight excluding hydrogens is 469 g/mol. The Bertz CT molecular complexity index is 1330. The summed E-state index contributed by atoms with van der Waals surface area (Å²) < 4.78 is 74.6. The summed E-state index contributed by atoms with van der Waals surface area (Å²) in [4.78, 5) is 15.6. The lowest BCUT2D eigenvalue weighted by Gasteiger charge is -2.18. The van der Waals surface area contributed by atoms with Crippen LogP contribution in [-0.4, -0.2) is 16.1 Å². The van der Waals surface area contributed by atoms with Gasteiger partial charge in [0.05, 0.1) is 16.8 Å². The van der Waals surface area contributed by atoms with Crippen molar-refractivity contribution < 1.29 is 36.6 Å². The minimum absolute atomic E-state index is 0.0218. The normalized spacial score (nSPS) is 13.9. The molecular formula is C26H20F5NO3. The summed E-state index contributed by atoms with van der Waals surface area (Å²) in [6.07, 6.45) is -1.81. The molecule has 0 radical (unpaired) electrons. The van der Waals surface area contributed by atoms with Gasteiger partial charge in [0.2, 0.25) is 0 Å². The third-order valence-corrected chi connectivity index (χ3v) is 5.93. The van der Waals surface area contributed by atoms with Crippen LogP contribution in [0, 0.1) is 18.6 Å². The Morgan fingerprint density at radius 3 is 2.54 bits per heavy atom. The van der Waals surface area contributed by atoms with E-state index in [1.165, 1.54) is 30.5 Å². The third-order valence-electron chi connectivity index (χ3n) is 5.93. The second kappa shape index (κ2) is 9.48. The number of aromatic carboxylic acids is 1. The number of benzene rings is 2. The number of ether oxygens (including phenoxy) is 1. The molecule has 9 heteroatoms. The van der Waals surface area contributed by atoms with E-state index in [1.807, 2.05) is 0 Å². The molecule has 1 heterocycles. The number of carboxylic acids is 1. The molecule has 1 aliphatic carbocycles. The Balaban J connectivity index is 1.77. The van der Waals surface area contributed by atoms with Gasteiger partial charge >= 0.3 is 12.1 Å². The number of pyridine rings is 1. The number of nitrogens with zero attached hydrogens (tertiary/aromatic N) is 1. The molecule has 35 heavy (non-hydrogen) atoms. The van der Waals surface area contributed by atoms with E-state index in [4.69, 9.17) is 4.74 Å². The highest BCUT2D eigenvalue weighted by molar-refractivity contribution is 5.96. The predicted octanol–water partition coefficient (Wildman–Crippen LogP) is 7.06. The summed E-state index contributed by atoms with van der Waals surface area (Å²) in [6.45, 7) is 1.17. The number of hydrogen-bond donors (Lipinski definition) is 1. The average molecular weight is 489 g/mol. The summed E-state index contributed by atoms with van der Waals surface area (Å²) >= 11 is 0. The van der Waals surface area contributed by atoms with E-state index in [2.05, 4.69) is 4.98 Å².